The number of fused-ring (bicyclic) bond motifs is 1. The van der Waals surface area contributed by atoms with Gasteiger partial charge in [-0.3, -0.25) is 0 Å². The molecule has 0 amide bonds. The summed E-state index contributed by atoms with van der Waals surface area (Å²) in [5.74, 6) is -1.28. The Balaban J connectivity index is 2.41. The number of nitrogens with two attached hydrogens (primary N) is 1. The number of hydrogen-bond donors (Lipinski definition) is 2. The minimum absolute atomic E-state index is 0.00569. The molecular formula is C17H13FN2O3. The van der Waals surface area contributed by atoms with Gasteiger partial charge in [0.05, 0.1) is 24.0 Å². The number of carboxylic acids is 1. The van der Waals surface area contributed by atoms with Gasteiger partial charge in [0.15, 0.2) is 0 Å². The maximum Gasteiger partial charge on any atom is 0.340 e. The second-order valence-corrected chi connectivity index (χ2v) is 4.92. The van der Waals surface area contributed by atoms with Crippen molar-refractivity contribution in [2.45, 2.75) is 0 Å². The lowest BCUT2D eigenvalue weighted by Crippen LogP contribution is -2.08. The maximum absolute atomic E-state index is 14.1. The summed E-state index contributed by atoms with van der Waals surface area (Å²) in [5, 5.41) is 9.97. The van der Waals surface area contributed by atoms with Gasteiger partial charge in [-0.15, -0.1) is 0 Å². The van der Waals surface area contributed by atoms with Crippen LogP contribution in [0.1, 0.15) is 10.4 Å². The highest BCUT2D eigenvalue weighted by molar-refractivity contribution is 6.08. The predicted molar refractivity (Wildman–Crippen MR) is 85.1 cm³/mol. The number of benzene rings is 2. The third kappa shape index (κ3) is 2.44. The summed E-state index contributed by atoms with van der Waals surface area (Å²) >= 11 is 0. The molecule has 0 aliphatic heterocycles. The first-order chi connectivity index (χ1) is 11.0. The molecule has 0 atom stereocenters. The average Bonchev–Trinajstić information content (AvgIpc) is 2.54. The number of hydrogen-bond acceptors (Lipinski definition) is 4. The zero-order valence-corrected chi connectivity index (χ0v) is 12.2. The Hall–Kier alpha value is -3.15. The van der Waals surface area contributed by atoms with Gasteiger partial charge in [0.1, 0.15) is 17.1 Å². The number of aromatic carboxylic acids is 1. The summed E-state index contributed by atoms with van der Waals surface area (Å²) in [5.41, 5.74) is 6.36. The van der Waals surface area contributed by atoms with Gasteiger partial charge in [0.25, 0.3) is 0 Å². The Kier molecular flexibility index (Phi) is 3.57. The van der Waals surface area contributed by atoms with Crippen LogP contribution in [0.15, 0.2) is 42.5 Å². The molecule has 3 aromatic rings. The van der Waals surface area contributed by atoms with Gasteiger partial charge >= 0.3 is 5.97 Å². The van der Waals surface area contributed by atoms with Crippen LogP contribution in [0.25, 0.3) is 22.2 Å². The van der Waals surface area contributed by atoms with E-state index in [1.165, 1.54) is 25.3 Å². The number of ether oxygens (including phenoxy) is 1. The molecule has 0 saturated carbocycles. The van der Waals surface area contributed by atoms with E-state index >= 15 is 0 Å². The van der Waals surface area contributed by atoms with Crippen LogP contribution in [0, 0.1) is 5.82 Å². The molecule has 0 bridgehead atoms. The Morgan fingerprint density at radius 3 is 2.65 bits per heavy atom. The van der Waals surface area contributed by atoms with E-state index in [1.54, 1.807) is 24.3 Å². The van der Waals surface area contributed by atoms with Crippen LogP contribution in [0.2, 0.25) is 0 Å². The van der Waals surface area contributed by atoms with Gasteiger partial charge in [-0.25, -0.2) is 14.2 Å². The monoisotopic (exact) mass is 312 g/mol. The van der Waals surface area contributed by atoms with Crippen molar-refractivity contribution in [2.24, 2.45) is 0 Å². The molecule has 3 N–H and O–H groups in total. The average molecular weight is 312 g/mol. The first kappa shape index (κ1) is 14.8. The van der Waals surface area contributed by atoms with Crippen molar-refractivity contribution in [1.29, 1.82) is 0 Å². The number of pyridine rings is 1. The van der Waals surface area contributed by atoms with E-state index < -0.39 is 11.8 Å². The lowest BCUT2D eigenvalue weighted by molar-refractivity contribution is 0.0698. The van der Waals surface area contributed by atoms with E-state index in [0.717, 1.165) is 0 Å². The Bertz CT molecular complexity index is 925. The van der Waals surface area contributed by atoms with Gasteiger partial charge in [-0.05, 0) is 24.3 Å². The third-order valence-corrected chi connectivity index (χ3v) is 3.58. The van der Waals surface area contributed by atoms with Crippen LogP contribution in [-0.2, 0) is 0 Å². The Morgan fingerprint density at radius 2 is 2.00 bits per heavy atom. The molecule has 0 aliphatic carbocycles. The summed E-state index contributed by atoms with van der Waals surface area (Å²) in [6.45, 7) is 0. The molecule has 2 aromatic carbocycles. The van der Waals surface area contributed by atoms with Gasteiger partial charge in [-0.1, -0.05) is 12.1 Å². The number of aromatic nitrogens is 1. The number of anilines is 1. The number of halogens is 1. The molecule has 0 unspecified atom stereocenters. The fourth-order valence-electron chi connectivity index (χ4n) is 2.46. The molecule has 0 radical (unpaired) electrons. The molecular weight excluding hydrogens is 299 g/mol. The van der Waals surface area contributed by atoms with Crippen molar-refractivity contribution in [3.05, 3.63) is 53.8 Å². The minimum atomic E-state index is -1.26. The second kappa shape index (κ2) is 5.57. The summed E-state index contributed by atoms with van der Waals surface area (Å²) in [6.07, 6.45) is 0. The van der Waals surface area contributed by atoms with Gasteiger partial charge < -0.3 is 15.6 Å². The fourth-order valence-corrected chi connectivity index (χ4v) is 2.46. The summed E-state index contributed by atoms with van der Waals surface area (Å²) in [7, 11) is 1.51. The third-order valence-electron chi connectivity index (χ3n) is 3.58. The number of nitrogens with zero attached hydrogens (tertiary/aromatic N) is 1. The molecule has 0 spiro atoms. The SMILES string of the molecule is COc1ccc2c(N)c(C(=O)O)c(-c3ccccc3F)nc2c1. The molecule has 1 aromatic heterocycles. The highest BCUT2D eigenvalue weighted by atomic mass is 19.1. The number of rotatable bonds is 3. The highest BCUT2D eigenvalue weighted by Crippen LogP contribution is 2.34. The van der Waals surface area contributed by atoms with E-state index in [9.17, 15) is 14.3 Å². The van der Waals surface area contributed by atoms with E-state index in [2.05, 4.69) is 4.98 Å². The summed E-state index contributed by atoms with van der Waals surface area (Å²) in [4.78, 5) is 15.9. The molecule has 0 aliphatic rings. The lowest BCUT2D eigenvalue weighted by atomic mass is 10.0. The summed E-state index contributed by atoms with van der Waals surface area (Å²) < 4.78 is 19.2. The molecule has 1 heterocycles. The number of carbonyl (C=O) groups is 1. The fraction of sp³-hybridized carbons (Fsp3) is 0.0588. The largest absolute Gasteiger partial charge is 0.497 e. The Morgan fingerprint density at radius 1 is 1.26 bits per heavy atom. The first-order valence-corrected chi connectivity index (χ1v) is 6.78. The van der Waals surface area contributed by atoms with Crippen LogP contribution in [0.5, 0.6) is 5.75 Å². The van der Waals surface area contributed by atoms with Crippen molar-refractivity contribution >= 4 is 22.6 Å². The van der Waals surface area contributed by atoms with Crippen LogP contribution in [0.4, 0.5) is 10.1 Å². The second-order valence-electron chi connectivity index (χ2n) is 4.92. The highest BCUT2D eigenvalue weighted by Gasteiger charge is 2.22. The van der Waals surface area contributed by atoms with Crippen LogP contribution < -0.4 is 10.5 Å². The maximum atomic E-state index is 14.1. The van der Waals surface area contributed by atoms with Crippen LogP contribution in [0.3, 0.4) is 0 Å². The van der Waals surface area contributed by atoms with Gasteiger partial charge in [0, 0.05) is 17.0 Å². The molecule has 23 heavy (non-hydrogen) atoms. The zero-order chi connectivity index (χ0) is 16.6. The molecule has 3 rings (SSSR count). The standard InChI is InChI=1S/C17H13FN2O3/c1-23-9-6-7-11-13(8-9)20-16(14(15(11)19)17(21)22)10-4-2-3-5-12(10)18/h2-8H,1H3,(H2,19,20)(H,21,22). The molecule has 5 nitrogen and oxygen atoms in total. The smallest absolute Gasteiger partial charge is 0.340 e. The quantitative estimate of drug-likeness (QED) is 0.775. The number of carboxylic acid groups (broad SMARTS) is 1. The lowest BCUT2D eigenvalue weighted by Gasteiger charge is -2.13. The molecule has 116 valence electrons. The van der Waals surface area contributed by atoms with E-state index in [-0.39, 0.29) is 22.5 Å². The van der Waals surface area contributed by atoms with E-state index in [0.29, 0.717) is 16.7 Å². The normalized spacial score (nSPS) is 10.7. The molecule has 0 fully saturated rings. The molecule has 6 heteroatoms. The van der Waals surface area contributed by atoms with Gasteiger partial charge in [-0.2, -0.15) is 0 Å². The van der Waals surface area contributed by atoms with Crippen LogP contribution >= 0.6 is 0 Å². The predicted octanol–water partition coefficient (Wildman–Crippen LogP) is 3.33. The topological polar surface area (TPSA) is 85.4 Å². The number of methoxy groups -OCH3 is 1. The van der Waals surface area contributed by atoms with E-state index in [4.69, 9.17) is 10.5 Å². The van der Waals surface area contributed by atoms with Crippen molar-refractivity contribution < 1.29 is 19.0 Å². The van der Waals surface area contributed by atoms with Crippen molar-refractivity contribution in [2.75, 3.05) is 12.8 Å². The first-order valence-electron chi connectivity index (χ1n) is 6.78. The van der Waals surface area contributed by atoms with E-state index in [1.807, 2.05) is 0 Å². The number of nitrogen functional groups attached to an aromatic ring is 1. The molecule has 0 saturated heterocycles. The van der Waals surface area contributed by atoms with Crippen molar-refractivity contribution in [3.63, 3.8) is 0 Å². The summed E-state index contributed by atoms with van der Waals surface area (Å²) in [6, 6.07) is 10.8. The zero-order valence-electron chi connectivity index (χ0n) is 12.2. The minimum Gasteiger partial charge on any atom is -0.497 e. The van der Waals surface area contributed by atoms with Crippen LogP contribution in [-0.4, -0.2) is 23.2 Å². The van der Waals surface area contributed by atoms with Gasteiger partial charge in [0.2, 0.25) is 0 Å². The van der Waals surface area contributed by atoms with Crippen molar-refractivity contribution in [1.82, 2.24) is 4.98 Å². The van der Waals surface area contributed by atoms with Crippen molar-refractivity contribution in [3.8, 4) is 17.0 Å². The Labute approximate surface area is 131 Å².